The monoisotopic (exact) mass is 276 g/mol. The number of carbonyl (C=O) groups excluding carboxylic acids is 1. The molecule has 2 N–H and O–H groups in total. The normalized spacial score (nSPS) is 10.3. The molecule has 7 nitrogen and oxygen atoms in total. The number of anilines is 1. The van der Waals surface area contributed by atoms with Crippen LogP contribution in [0.5, 0.6) is 5.75 Å². The molecule has 0 radical (unpaired) electrons. The van der Waals surface area contributed by atoms with Gasteiger partial charge < -0.3 is 15.2 Å². The lowest BCUT2D eigenvalue weighted by molar-refractivity contribution is -0.116. The fourth-order valence-corrected chi connectivity index (χ4v) is 1.74. The molecular formula is C13H16N4O3. The highest BCUT2D eigenvalue weighted by Crippen LogP contribution is 2.23. The van der Waals surface area contributed by atoms with Gasteiger partial charge in [-0.15, -0.1) is 0 Å². The molecule has 0 aliphatic carbocycles. The average molecular weight is 276 g/mol. The highest BCUT2D eigenvalue weighted by Gasteiger charge is 2.07. The van der Waals surface area contributed by atoms with Crippen molar-refractivity contribution in [3.8, 4) is 5.75 Å². The first-order valence-electron chi connectivity index (χ1n) is 6.21. The predicted molar refractivity (Wildman–Crippen MR) is 72.2 cm³/mol. The van der Waals surface area contributed by atoms with E-state index in [1.165, 1.54) is 17.3 Å². The molecule has 20 heavy (non-hydrogen) atoms. The summed E-state index contributed by atoms with van der Waals surface area (Å²) in [6, 6.07) is 5.13. The topological polar surface area (TPSA) is 89.3 Å². The van der Waals surface area contributed by atoms with Crippen molar-refractivity contribution in [3.63, 3.8) is 0 Å². The van der Waals surface area contributed by atoms with Crippen LogP contribution >= 0.6 is 0 Å². The first-order valence-corrected chi connectivity index (χ1v) is 6.21. The number of amides is 1. The van der Waals surface area contributed by atoms with E-state index in [2.05, 4.69) is 15.4 Å². The Kier molecular flexibility index (Phi) is 4.67. The van der Waals surface area contributed by atoms with Crippen LogP contribution in [0, 0.1) is 0 Å². The summed E-state index contributed by atoms with van der Waals surface area (Å²) in [4.78, 5) is 15.6. The Morgan fingerprint density at radius 3 is 3.00 bits per heavy atom. The number of hydrogen-bond donors (Lipinski definition) is 2. The first-order chi connectivity index (χ1) is 9.72. The fourth-order valence-electron chi connectivity index (χ4n) is 1.74. The van der Waals surface area contributed by atoms with E-state index < -0.39 is 0 Å². The third kappa shape index (κ3) is 3.55. The van der Waals surface area contributed by atoms with E-state index in [-0.39, 0.29) is 19.1 Å². The van der Waals surface area contributed by atoms with Gasteiger partial charge in [-0.3, -0.25) is 4.79 Å². The second-order valence-electron chi connectivity index (χ2n) is 4.05. The number of rotatable bonds is 6. The van der Waals surface area contributed by atoms with Gasteiger partial charge >= 0.3 is 0 Å². The van der Waals surface area contributed by atoms with Gasteiger partial charge in [0.1, 0.15) is 24.9 Å². The molecule has 0 unspecified atom stereocenters. The van der Waals surface area contributed by atoms with Crippen LogP contribution in [0.4, 0.5) is 5.69 Å². The molecule has 0 aliphatic rings. The maximum atomic E-state index is 11.8. The standard InChI is InChI=1S/C13H16N4O3/c1-2-20-12-4-3-11(5-10(12)7-18)16-13(19)6-17-9-14-8-15-17/h3-5,8-9,18H,2,6-7H2,1H3,(H,16,19). The lowest BCUT2D eigenvalue weighted by Crippen LogP contribution is -2.19. The zero-order valence-corrected chi connectivity index (χ0v) is 11.1. The quantitative estimate of drug-likeness (QED) is 0.815. The van der Waals surface area contributed by atoms with Gasteiger partial charge in [0.25, 0.3) is 0 Å². The van der Waals surface area contributed by atoms with Gasteiger partial charge in [-0.05, 0) is 25.1 Å². The van der Waals surface area contributed by atoms with E-state index >= 15 is 0 Å². The van der Waals surface area contributed by atoms with Gasteiger partial charge in [0.2, 0.25) is 5.91 Å². The van der Waals surface area contributed by atoms with Gasteiger partial charge in [-0.1, -0.05) is 0 Å². The molecule has 0 aliphatic heterocycles. The molecule has 1 aromatic carbocycles. The van der Waals surface area contributed by atoms with Crippen molar-refractivity contribution in [3.05, 3.63) is 36.4 Å². The van der Waals surface area contributed by atoms with Crippen molar-refractivity contribution in [2.75, 3.05) is 11.9 Å². The van der Waals surface area contributed by atoms with Crippen molar-refractivity contribution in [1.82, 2.24) is 14.8 Å². The molecule has 2 rings (SSSR count). The Balaban J connectivity index is 2.03. The first kappa shape index (κ1) is 14.0. The highest BCUT2D eigenvalue weighted by molar-refractivity contribution is 5.90. The minimum Gasteiger partial charge on any atom is -0.494 e. The molecule has 0 saturated heterocycles. The molecule has 106 valence electrons. The number of hydrogen-bond acceptors (Lipinski definition) is 5. The molecule has 0 bridgehead atoms. The molecule has 0 spiro atoms. The number of carbonyl (C=O) groups is 1. The van der Waals surface area contributed by atoms with Crippen molar-refractivity contribution in [2.24, 2.45) is 0 Å². The van der Waals surface area contributed by atoms with Crippen LogP contribution in [-0.2, 0) is 17.9 Å². The van der Waals surface area contributed by atoms with Crippen molar-refractivity contribution >= 4 is 11.6 Å². The third-order valence-corrected chi connectivity index (χ3v) is 2.59. The summed E-state index contributed by atoms with van der Waals surface area (Å²) in [5.74, 6) is 0.396. The number of nitrogens with one attached hydrogen (secondary N) is 1. The maximum absolute atomic E-state index is 11.8. The second-order valence-corrected chi connectivity index (χ2v) is 4.05. The Morgan fingerprint density at radius 2 is 2.35 bits per heavy atom. The molecule has 0 atom stereocenters. The average Bonchev–Trinajstić information content (AvgIpc) is 2.93. The number of benzene rings is 1. The van der Waals surface area contributed by atoms with Crippen molar-refractivity contribution in [1.29, 1.82) is 0 Å². The van der Waals surface area contributed by atoms with E-state index in [1.807, 2.05) is 6.92 Å². The summed E-state index contributed by atoms with van der Waals surface area (Å²) in [6.07, 6.45) is 2.84. The van der Waals surface area contributed by atoms with Crippen LogP contribution in [0.15, 0.2) is 30.9 Å². The lowest BCUT2D eigenvalue weighted by atomic mass is 10.2. The fraction of sp³-hybridized carbons (Fsp3) is 0.308. The smallest absolute Gasteiger partial charge is 0.246 e. The molecule has 0 fully saturated rings. The van der Waals surface area contributed by atoms with Crippen LogP contribution in [0.2, 0.25) is 0 Å². The molecule has 0 saturated carbocycles. The van der Waals surface area contributed by atoms with Gasteiger partial charge in [0, 0.05) is 11.3 Å². The van der Waals surface area contributed by atoms with Gasteiger partial charge in [0.15, 0.2) is 0 Å². The van der Waals surface area contributed by atoms with Gasteiger partial charge in [0.05, 0.1) is 13.2 Å². The van der Waals surface area contributed by atoms with E-state index in [4.69, 9.17) is 4.74 Å². The van der Waals surface area contributed by atoms with Crippen molar-refractivity contribution in [2.45, 2.75) is 20.1 Å². The third-order valence-electron chi connectivity index (χ3n) is 2.59. The van der Waals surface area contributed by atoms with E-state index in [0.717, 1.165) is 0 Å². The molecule has 2 aromatic rings. The van der Waals surface area contributed by atoms with Crippen LogP contribution in [0.3, 0.4) is 0 Å². The Morgan fingerprint density at radius 1 is 1.50 bits per heavy atom. The summed E-state index contributed by atoms with van der Waals surface area (Å²) in [5, 5.41) is 15.9. The molecule has 1 heterocycles. The Hall–Kier alpha value is -2.41. The second kappa shape index (κ2) is 6.67. The van der Waals surface area contributed by atoms with E-state index in [1.54, 1.807) is 18.2 Å². The van der Waals surface area contributed by atoms with E-state index in [0.29, 0.717) is 23.6 Å². The maximum Gasteiger partial charge on any atom is 0.246 e. The number of nitrogens with zero attached hydrogens (tertiary/aromatic N) is 3. The Labute approximate surface area is 116 Å². The number of aromatic nitrogens is 3. The van der Waals surface area contributed by atoms with Crippen LogP contribution < -0.4 is 10.1 Å². The van der Waals surface area contributed by atoms with Crippen molar-refractivity contribution < 1.29 is 14.6 Å². The molecule has 1 aromatic heterocycles. The molecule has 1 amide bonds. The molecular weight excluding hydrogens is 260 g/mol. The SMILES string of the molecule is CCOc1ccc(NC(=O)Cn2cncn2)cc1CO. The lowest BCUT2D eigenvalue weighted by Gasteiger charge is -2.11. The summed E-state index contributed by atoms with van der Waals surface area (Å²) in [6.45, 7) is 2.32. The largest absolute Gasteiger partial charge is 0.494 e. The van der Waals surface area contributed by atoms with Gasteiger partial charge in [-0.2, -0.15) is 5.10 Å². The number of ether oxygens (including phenoxy) is 1. The Bertz CT molecular complexity index is 569. The van der Waals surface area contributed by atoms with Crippen LogP contribution in [0.25, 0.3) is 0 Å². The minimum absolute atomic E-state index is 0.0850. The number of aliphatic hydroxyl groups excluding tert-OH is 1. The summed E-state index contributed by atoms with van der Waals surface area (Å²) >= 11 is 0. The molecule has 7 heteroatoms. The summed E-state index contributed by atoms with van der Waals surface area (Å²) in [5.41, 5.74) is 1.23. The van der Waals surface area contributed by atoms with E-state index in [9.17, 15) is 9.90 Å². The highest BCUT2D eigenvalue weighted by atomic mass is 16.5. The zero-order valence-electron chi connectivity index (χ0n) is 11.1. The van der Waals surface area contributed by atoms with Gasteiger partial charge in [-0.25, -0.2) is 9.67 Å². The summed E-state index contributed by atoms with van der Waals surface area (Å²) < 4.78 is 6.81. The minimum atomic E-state index is -0.219. The summed E-state index contributed by atoms with van der Waals surface area (Å²) in [7, 11) is 0. The predicted octanol–water partition coefficient (Wildman–Crippen LogP) is 0.808. The van der Waals surface area contributed by atoms with Crippen LogP contribution in [0.1, 0.15) is 12.5 Å². The zero-order chi connectivity index (χ0) is 14.4. The number of aliphatic hydroxyl groups is 1. The van der Waals surface area contributed by atoms with Crippen LogP contribution in [-0.4, -0.2) is 32.4 Å².